The van der Waals surface area contributed by atoms with Crippen molar-refractivity contribution in [3.63, 3.8) is 0 Å². The van der Waals surface area contributed by atoms with E-state index >= 15 is 0 Å². The molecule has 5 fully saturated rings. The van der Waals surface area contributed by atoms with Gasteiger partial charge in [-0.15, -0.1) is 5.10 Å². The minimum absolute atomic E-state index is 0.00211. The van der Waals surface area contributed by atoms with Crippen LogP contribution in [0.4, 0.5) is 0 Å². The van der Waals surface area contributed by atoms with E-state index in [2.05, 4.69) is 26.3 Å². The molecule has 2 aliphatic carbocycles. The summed E-state index contributed by atoms with van der Waals surface area (Å²) in [6, 6.07) is -1.23. The number of likely N-dealkylation sites (tertiary alicyclic amines) is 1. The lowest BCUT2D eigenvalue weighted by molar-refractivity contribution is -0.338. The number of aliphatic hydroxyl groups is 6. The molecule has 15 atom stereocenters. The van der Waals surface area contributed by atoms with Gasteiger partial charge in [-0.2, -0.15) is 0 Å². The van der Waals surface area contributed by atoms with Crippen molar-refractivity contribution in [2.75, 3.05) is 39.4 Å². The predicted molar refractivity (Wildman–Crippen MR) is 226 cm³/mol. The Balaban J connectivity index is 1.23. The number of rotatable bonds is 20. The van der Waals surface area contributed by atoms with E-state index in [1.54, 1.807) is 4.90 Å². The third-order valence-electron chi connectivity index (χ3n) is 13.5. The molecule has 2 saturated carbocycles. The molecule has 22 heteroatoms. The smallest absolute Gasteiger partial charge is 0.273 e. The number of ether oxygens (including phenoxy) is 5. The Morgan fingerprint density at radius 3 is 2.29 bits per heavy atom. The number of carbonyl (C=O) groups is 4. The number of aliphatic hydroxyl groups excluding tert-OH is 6. The van der Waals surface area contributed by atoms with Crippen molar-refractivity contribution in [1.82, 2.24) is 35.8 Å². The van der Waals surface area contributed by atoms with Gasteiger partial charge in [0.15, 0.2) is 18.3 Å². The van der Waals surface area contributed by atoms with Crippen LogP contribution in [0.2, 0.25) is 0 Å². The molecule has 4 heterocycles. The van der Waals surface area contributed by atoms with Crippen LogP contribution >= 0.6 is 0 Å². The van der Waals surface area contributed by atoms with E-state index in [9.17, 15) is 44.7 Å². The summed E-state index contributed by atoms with van der Waals surface area (Å²) in [5, 5.41) is 79.6. The highest BCUT2D eigenvalue weighted by atomic mass is 16.7. The lowest BCUT2D eigenvalue weighted by Crippen LogP contribution is -2.67. The molecular formula is C43H71N7O15. The minimum atomic E-state index is -1.66. The highest BCUT2D eigenvalue weighted by molar-refractivity contribution is 5.91. The van der Waals surface area contributed by atoms with Gasteiger partial charge < -0.3 is 75.2 Å². The van der Waals surface area contributed by atoms with Gasteiger partial charge in [0.1, 0.15) is 48.8 Å². The van der Waals surface area contributed by atoms with Crippen LogP contribution in [-0.2, 0) is 44.6 Å². The average Bonchev–Trinajstić information content (AvgIpc) is 3.76. The molecule has 22 nitrogen and oxygen atoms in total. The fraction of sp³-hybridized carbons (Fsp3) is 0.860. The fourth-order valence-corrected chi connectivity index (χ4v) is 9.66. The number of hydrogen-bond donors (Lipinski definition) is 9. The van der Waals surface area contributed by atoms with Gasteiger partial charge in [-0.05, 0) is 50.9 Å². The zero-order valence-electron chi connectivity index (χ0n) is 37.7. The fourth-order valence-electron chi connectivity index (χ4n) is 9.66. The van der Waals surface area contributed by atoms with E-state index < -0.39 is 110 Å². The molecule has 5 aliphatic rings. The summed E-state index contributed by atoms with van der Waals surface area (Å²) in [5.41, 5.74) is 0.0791. The molecule has 9 unspecified atom stereocenters. The van der Waals surface area contributed by atoms with Crippen LogP contribution in [0.15, 0.2) is 6.20 Å². The van der Waals surface area contributed by atoms with Crippen LogP contribution in [0.25, 0.3) is 0 Å². The number of amides is 4. The summed E-state index contributed by atoms with van der Waals surface area (Å²) in [7, 11) is 0. The summed E-state index contributed by atoms with van der Waals surface area (Å²) in [6.07, 6.45) is -6.50. The van der Waals surface area contributed by atoms with Gasteiger partial charge in [0.25, 0.3) is 11.8 Å². The SMILES string of the molecule is CCC1CC(C(=O)NCCNC(=O)c2cn(CCCO)nn2)C[C@@H](O[C@@H]2OC(CO)[C@H](O)C(O[C@@H](CC3CCCCC3)C(=O)N3CCC3)C2NC(C)=O)C1O[C@@H]1OC(C)[C@@H](O)C(O)C1O. The van der Waals surface area contributed by atoms with Gasteiger partial charge in [-0.3, -0.25) is 23.9 Å². The standard InChI is InChI=1S/C43H71N7O15/c1-4-26-19-27(39(58)44-12-13-45-40(59)28-21-50(48-47-28)16-9-17-51)20-29(37(26)65-43-36(57)35(56)33(54)23(2)61-43)63-42-32(46-24(3)53)38(34(55)31(22-52)64-42)62-30(41(60)49-14-8-15-49)18-25-10-6-5-7-11-25/h21,23,25-27,29-38,42-43,51-52,54-57H,4-20,22H2,1-3H3,(H,44,58)(H,45,59)(H,46,53)/t23?,26?,27?,29-,30+,31?,32?,33-,34+,35?,36?,37?,38?,42-,43+/m1/s1. The molecule has 9 N–H and O–H groups in total. The van der Waals surface area contributed by atoms with E-state index in [1.807, 2.05) is 6.92 Å². The molecular weight excluding hydrogens is 855 g/mol. The highest BCUT2D eigenvalue weighted by Crippen LogP contribution is 2.40. The molecule has 3 saturated heterocycles. The van der Waals surface area contributed by atoms with Crippen molar-refractivity contribution in [1.29, 1.82) is 0 Å². The first-order chi connectivity index (χ1) is 31.2. The van der Waals surface area contributed by atoms with Gasteiger partial charge in [0, 0.05) is 52.2 Å². The number of aryl methyl sites for hydroxylation is 1. The van der Waals surface area contributed by atoms with Crippen LogP contribution in [-0.4, -0.2) is 193 Å². The van der Waals surface area contributed by atoms with Crippen LogP contribution in [0, 0.1) is 17.8 Å². The van der Waals surface area contributed by atoms with Crippen LogP contribution in [0.1, 0.15) is 102 Å². The van der Waals surface area contributed by atoms with Crippen molar-refractivity contribution in [3.8, 4) is 0 Å². The van der Waals surface area contributed by atoms with Gasteiger partial charge in [-0.25, -0.2) is 0 Å². The van der Waals surface area contributed by atoms with Crippen molar-refractivity contribution in [2.45, 2.75) is 178 Å². The molecule has 0 spiro atoms. The van der Waals surface area contributed by atoms with Crippen molar-refractivity contribution >= 4 is 23.6 Å². The lowest BCUT2D eigenvalue weighted by Gasteiger charge is -2.49. The van der Waals surface area contributed by atoms with Crippen LogP contribution < -0.4 is 16.0 Å². The summed E-state index contributed by atoms with van der Waals surface area (Å²) in [6.45, 7) is 5.65. The van der Waals surface area contributed by atoms with E-state index in [4.69, 9.17) is 28.8 Å². The summed E-state index contributed by atoms with van der Waals surface area (Å²) >= 11 is 0. The minimum Gasteiger partial charge on any atom is -0.396 e. The zero-order valence-corrected chi connectivity index (χ0v) is 37.7. The number of nitrogens with zero attached hydrogens (tertiary/aromatic N) is 4. The third kappa shape index (κ3) is 13.0. The molecule has 6 rings (SSSR count). The number of aromatic nitrogens is 3. The van der Waals surface area contributed by atoms with Gasteiger partial charge in [0.05, 0.1) is 31.1 Å². The molecule has 1 aromatic heterocycles. The Morgan fingerprint density at radius 2 is 1.63 bits per heavy atom. The second-order valence-corrected chi connectivity index (χ2v) is 18.2. The molecule has 0 aromatic carbocycles. The largest absolute Gasteiger partial charge is 0.396 e. The molecule has 3 aliphatic heterocycles. The maximum absolute atomic E-state index is 13.9. The molecule has 0 bridgehead atoms. The summed E-state index contributed by atoms with van der Waals surface area (Å²) < 4.78 is 33.4. The molecule has 0 radical (unpaired) electrons. The van der Waals surface area contributed by atoms with Gasteiger partial charge >= 0.3 is 0 Å². The van der Waals surface area contributed by atoms with E-state index in [0.717, 1.165) is 38.5 Å². The first kappa shape index (κ1) is 51.0. The first-order valence-corrected chi connectivity index (χ1v) is 23.5. The number of carbonyl (C=O) groups excluding carboxylic acids is 4. The van der Waals surface area contributed by atoms with Crippen molar-refractivity contribution in [2.24, 2.45) is 17.8 Å². The van der Waals surface area contributed by atoms with Gasteiger partial charge in [-0.1, -0.05) is 50.7 Å². The van der Waals surface area contributed by atoms with Crippen molar-refractivity contribution < 1.29 is 73.5 Å². The Kier molecular flexibility index (Phi) is 18.9. The molecule has 1 aromatic rings. The maximum atomic E-state index is 13.9. The summed E-state index contributed by atoms with van der Waals surface area (Å²) in [5.74, 6) is -2.50. The topological polar surface area (TPSA) is 306 Å². The normalized spacial score (nSPS) is 34.9. The Morgan fingerprint density at radius 1 is 0.892 bits per heavy atom. The summed E-state index contributed by atoms with van der Waals surface area (Å²) in [4.78, 5) is 55.2. The van der Waals surface area contributed by atoms with Crippen molar-refractivity contribution in [3.05, 3.63) is 11.9 Å². The van der Waals surface area contributed by atoms with E-state index in [1.165, 1.54) is 24.7 Å². The zero-order chi connectivity index (χ0) is 46.8. The number of hydrogen-bond acceptors (Lipinski definition) is 17. The molecule has 4 amide bonds. The van der Waals surface area contributed by atoms with Crippen LogP contribution in [0.3, 0.4) is 0 Å². The lowest BCUT2D eigenvalue weighted by atomic mass is 9.75. The molecule has 65 heavy (non-hydrogen) atoms. The Hall–Kier alpha value is -3.42. The van der Waals surface area contributed by atoms with E-state index in [0.29, 0.717) is 38.9 Å². The second kappa shape index (κ2) is 24.0. The highest BCUT2D eigenvalue weighted by Gasteiger charge is 2.53. The Labute approximate surface area is 379 Å². The maximum Gasteiger partial charge on any atom is 0.273 e. The molecule has 368 valence electrons. The van der Waals surface area contributed by atoms with Crippen LogP contribution in [0.5, 0.6) is 0 Å². The predicted octanol–water partition coefficient (Wildman–Crippen LogP) is -1.92. The van der Waals surface area contributed by atoms with E-state index in [-0.39, 0.29) is 56.0 Å². The van der Waals surface area contributed by atoms with Gasteiger partial charge in [0.2, 0.25) is 11.8 Å². The third-order valence-corrected chi connectivity index (χ3v) is 13.5. The Bertz CT molecular complexity index is 1700. The first-order valence-electron chi connectivity index (χ1n) is 23.5. The number of nitrogens with one attached hydrogen (secondary N) is 3. The monoisotopic (exact) mass is 926 g/mol. The second-order valence-electron chi connectivity index (χ2n) is 18.2. The quantitative estimate of drug-likeness (QED) is 0.0644. The average molecular weight is 926 g/mol.